The molecule has 0 unspecified atom stereocenters. The van der Waals surface area contributed by atoms with Gasteiger partial charge in [-0.2, -0.15) is 12.1 Å². The molecule has 0 radical (unpaired) electrons. The van der Waals surface area contributed by atoms with E-state index in [1.807, 2.05) is 0 Å². The third-order valence-electron chi connectivity index (χ3n) is 0.759. The Morgan fingerprint density at radius 3 is 1.92 bits per heavy atom. The van der Waals surface area contributed by atoms with E-state index in [2.05, 4.69) is 6.07 Å². The molecule has 3 nitrogen and oxygen atoms in total. The summed E-state index contributed by atoms with van der Waals surface area (Å²) >= 11 is 0. The van der Waals surface area contributed by atoms with Crippen molar-refractivity contribution in [3.63, 3.8) is 0 Å². The van der Waals surface area contributed by atoms with Crippen molar-refractivity contribution in [2.24, 2.45) is 0 Å². The second kappa shape index (κ2) is 8.62. The largest absolute Gasteiger partial charge is 1.00 e. The van der Waals surface area contributed by atoms with Gasteiger partial charge in [-0.05, 0) is 0 Å². The summed E-state index contributed by atoms with van der Waals surface area (Å²) in [6.07, 6.45) is 0. The molecular formula is C6H6BF2NaO3. The first-order valence-corrected chi connectivity index (χ1v) is 2.90. The third-order valence-corrected chi connectivity index (χ3v) is 0.759. The Kier molecular flexibility index (Phi) is 10.3. The molecule has 0 bridgehead atoms. The number of rotatable bonds is 0. The average Bonchev–Trinajstić information content (AvgIpc) is 1.94. The molecule has 7 heteroatoms. The van der Waals surface area contributed by atoms with Crippen molar-refractivity contribution in [2.75, 3.05) is 0 Å². The Labute approximate surface area is 96.5 Å². The molecular weight excluding hydrogens is 192 g/mol. The Balaban J connectivity index is 0. The monoisotopic (exact) mass is 198 g/mol. The van der Waals surface area contributed by atoms with Gasteiger partial charge in [-0.1, -0.05) is 0 Å². The maximum absolute atomic E-state index is 11.9. The standard InChI is InChI=1S/C6H3F2.BH3O3.Na/c7-5-3-1-2-4-6(5)8;2-1(3)4;/h1-3H;2-4H;/q-1;;+1. The summed E-state index contributed by atoms with van der Waals surface area (Å²) in [6, 6.07) is 5.81. The smallest absolute Gasteiger partial charge is 0.402 e. The average molecular weight is 198 g/mol. The van der Waals surface area contributed by atoms with Gasteiger partial charge in [-0.3, -0.25) is 4.39 Å². The summed E-state index contributed by atoms with van der Waals surface area (Å²) in [6.45, 7) is 0. The third kappa shape index (κ3) is 9.94. The molecule has 0 atom stereocenters. The molecule has 0 amide bonds. The molecule has 0 saturated heterocycles. The van der Waals surface area contributed by atoms with Crippen molar-refractivity contribution >= 4 is 7.32 Å². The van der Waals surface area contributed by atoms with Crippen LogP contribution in [-0.2, 0) is 0 Å². The SMILES string of the molecule is Fc1[c-]cccc1F.OB(O)O.[Na+]. The van der Waals surface area contributed by atoms with Crippen LogP contribution in [0.2, 0.25) is 0 Å². The maximum atomic E-state index is 11.9. The van der Waals surface area contributed by atoms with Crippen molar-refractivity contribution in [1.82, 2.24) is 0 Å². The molecule has 0 heterocycles. The van der Waals surface area contributed by atoms with Gasteiger partial charge in [-0.25, -0.2) is 4.39 Å². The molecule has 13 heavy (non-hydrogen) atoms. The van der Waals surface area contributed by atoms with Gasteiger partial charge in [0.15, 0.2) is 0 Å². The maximum Gasteiger partial charge on any atom is 1.00 e. The van der Waals surface area contributed by atoms with E-state index in [0.717, 1.165) is 6.07 Å². The van der Waals surface area contributed by atoms with Crippen LogP contribution >= 0.6 is 0 Å². The van der Waals surface area contributed by atoms with Crippen LogP contribution in [0, 0.1) is 17.7 Å². The number of hydrogen-bond donors (Lipinski definition) is 3. The van der Waals surface area contributed by atoms with Crippen LogP contribution in [0.1, 0.15) is 0 Å². The predicted octanol–water partition coefficient (Wildman–Crippen LogP) is -3.28. The Hall–Kier alpha value is 0.0249. The minimum absolute atomic E-state index is 0. The zero-order valence-electron chi connectivity index (χ0n) is 6.91. The van der Waals surface area contributed by atoms with Gasteiger partial charge in [0, 0.05) is 11.6 Å². The van der Waals surface area contributed by atoms with E-state index in [0.29, 0.717) is 0 Å². The molecule has 0 aliphatic heterocycles. The van der Waals surface area contributed by atoms with Crippen molar-refractivity contribution in [3.05, 3.63) is 35.9 Å². The van der Waals surface area contributed by atoms with Gasteiger partial charge >= 0.3 is 36.9 Å². The molecule has 0 spiro atoms. The fourth-order valence-electron chi connectivity index (χ4n) is 0.396. The van der Waals surface area contributed by atoms with E-state index < -0.39 is 19.0 Å². The minimum Gasteiger partial charge on any atom is -0.402 e. The summed E-state index contributed by atoms with van der Waals surface area (Å²) in [5, 5.41) is 21.5. The van der Waals surface area contributed by atoms with Crippen molar-refractivity contribution < 1.29 is 53.4 Å². The molecule has 3 N–H and O–H groups in total. The van der Waals surface area contributed by atoms with E-state index in [9.17, 15) is 8.78 Å². The zero-order valence-corrected chi connectivity index (χ0v) is 8.91. The first-order chi connectivity index (χ1) is 5.54. The van der Waals surface area contributed by atoms with Crippen molar-refractivity contribution in [2.45, 2.75) is 0 Å². The Bertz CT molecular complexity index is 213. The van der Waals surface area contributed by atoms with Crippen LogP contribution in [-0.4, -0.2) is 22.4 Å². The quantitative estimate of drug-likeness (QED) is 0.302. The van der Waals surface area contributed by atoms with Crippen molar-refractivity contribution in [3.8, 4) is 0 Å². The first-order valence-electron chi connectivity index (χ1n) is 2.90. The zero-order chi connectivity index (χ0) is 9.56. The Morgan fingerprint density at radius 1 is 1.23 bits per heavy atom. The topological polar surface area (TPSA) is 60.7 Å². The van der Waals surface area contributed by atoms with Crippen molar-refractivity contribution in [1.29, 1.82) is 0 Å². The van der Waals surface area contributed by atoms with E-state index in [-0.39, 0.29) is 29.6 Å². The molecule has 0 aliphatic rings. The van der Waals surface area contributed by atoms with E-state index in [1.165, 1.54) is 12.1 Å². The molecule has 0 saturated carbocycles. The molecule has 0 aliphatic carbocycles. The summed E-state index contributed by atoms with van der Waals surface area (Å²) < 4.78 is 23.8. The van der Waals surface area contributed by atoms with Crippen LogP contribution in [0.25, 0.3) is 0 Å². The van der Waals surface area contributed by atoms with E-state index in [4.69, 9.17) is 15.1 Å². The van der Waals surface area contributed by atoms with Gasteiger partial charge in [0.2, 0.25) is 0 Å². The molecule has 0 fully saturated rings. The summed E-state index contributed by atoms with van der Waals surface area (Å²) in [7, 11) is -2.17. The van der Waals surface area contributed by atoms with Gasteiger partial charge in [0.05, 0.1) is 0 Å². The predicted molar refractivity (Wildman–Crippen MR) is 37.6 cm³/mol. The van der Waals surface area contributed by atoms with Crippen LogP contribution in [0.3, 0.4) is 0 Å². The first kappa shape index (κ1) is 15.5. The normalized spacial score (nSPS) is 7.77. The fraction of sp³-hybridized carbons (Fsp3) is 0. The van der Waals surface area contributed by atoms with Crippen LogP contribution in [0.4, 0.5) is 8.78 Å². The molecule has 0 aromatic heterocycles. The van der Waals surface area contributed by atoms with Crippen LogP contribution < -0.4 is 29.6 Å². The number of benzene rings is 1. The van der Waals surface area contributed by atoms with Gasteiger partial charge in [0.25, 0.3) is 0 Å². The van der Waals surface area contributed by atoms with Crippen LogP contribution in [0.15, 0.2) is 18.2 Å². The molecule has 1 rings (SSSR count). The van der Waals surface area contributed by atoms with E-state index in [1.54, 1.807) is 0 Å². The Morgan fingerprint density at radius 2 is 1.69 bits per heavy atom. The van der Waals surface area contributed by atoms with Gasteiger partial charge < -0.3 is 15.1 Å². The van der Waals surface area contributed by atoms with E-state index >= 15 is 0 Å². The fourth-order valence-corrected chi connectivity index (χ4v) is 0.396. The summed E-state index contributed by atoms with van der Waals surface area (Å²) in [4.78, 5) is 0. The molecule has 66 valence electrons. The molecule has 1 aromatic carbocycles. The van der Waals surface area contributed by atoms with Gasteiger partial charge in [0.1, 0.15) is 0 Å². The van der Waals surface area contributed by atoms with Gasteiger partial charge in [-0.15, -0.1) is 12.1 Å². The minimum atomic E-state index is -2.17. The van der Waals surface area contributed by atoms with Crippen LogP contribution in [0.5, 0.6) is 0 Å². The second-order valence-corrected chi connectivity index (χ2v) is 1.68. The number of halogens is 2. The summed E-state index contributed by atoms with van der Waals surface area (Å²) in [5.74, 6) is -1.78. The second-order valence-electron chi connectivity index (χ2n) is 1.68. The number of hydrogen-bond acceptors (Lipinski definition) is 3. The summed E-state index contributed by atoms with van der Waals surface area (Å²) in [5.41, 5.74) is 0. The molecule has 1 aromatic rings.